The van der Waals surface area contributed by atoms with E-state index >= 15 is 0 Å². The summed E-state index contributed by atoms with van der Waals surface area (Å²) in [6, 6.07) is 0. The van der Waals surface area contributed by atoms with Crippen LogP contribution in [0.2, 0.25) is 0 Å². The zero-order chi connectivity index (χ0) is 10.7. The zero-order valence-corrected chi connectivity index (χ0v) is 11.9. The van der Waals surface area contributed by atoms with Crippen molar-refractivity contribution >= 4 is 22.6 Å². The average Bonchev–Trinajstić information content (AvgIpc) is 2.25. The third-order valence-corrected chi connectivity index (χ3v) is 5.12. The lowest BCUT2D eigenvalue weighted by Gasteiger charge is -2.35. The predicted octanol–water partition coefficient (Wildman–Crippen LogP) is 2.23. The van der Waals surface area contributed by atoms with Gasteiger partial charge in [-0.05, 0) is 64.8 Å². The standard InChI is InChI=1S/C12H23IN2/c1-14-6-2-11(3-7-14)10-15-8-4-12(13)5-9-15/h11-12H,2-10H2,1H3. The summed E-state index contributed by atoms with van der Waals surface area (Å²) in [4.78, 5) is 5.17. The van der Waals surface area contributed by atoms with Gasteiger partial charge in [-0.15, -0.1) is 0 Å². The average molecular weight is 322 g/mol. The summed E-state index contributed by atoms with van der Waals surface area (Å²) in [5, 5.41) is 0. The van der Waals surface area contributed by atoms with Crippen LogP contribution in [-0.2, 0) is 0 Å². The van der Waals surface area contributed by atoms with Crippen molar-refractivity contribution in [3.63, 3.8) is 0 Å². The normalized spacial score (nSPS) is 28.4. The van der Waals surface area contributed by atoms with Gasteiger partial charge in [-0.2, -0.15) is 0 Å². The second-order valence-electron chi connectivity index (χ2n) is 5.22. The molecule has 0 N–H and O–H groups in total. The summed E-state index contributed by atoms with van der Waals surface area (Å²) < 4.78 is 0.941. The Hall–Kier alpha value is 0.650. The molecule has 0 bridgehead atoms. The quantitative estimate of drug-likeness (QED) is 0.568. The van der Waals surface area contributed by atoms with Crippen LogP contribution in [0, 0.1) is 5.92 Å². The van der Waals surface area contributed by atoms with Crippen LogP contribution >= 0.6 is 22.6 Å². The maximum atomic E-state index is 2.70. The van der Waals surface area contributed by atoms with Gasteiger partial charge in [0.2, 0.25) is 0 Å². The lowest BCUT2D eigenvalue weighted by Crippen LogP contribution is -2.40. The summed E-state index contributed by atoms with van der Waals surface area (Å²) in [6.07, 6.45) is 5.65. The van der Waals surface area contributed by atoms with Gasteiger partial charge in [-0.3, -0.25) is 0 Å². The van der Waals surface area contributed by atoms with E-state index in [2.05, 4.69) is 39.4 Å². The number of halogens is 1. The smallest absolute Gasteiger partial charge is 0.0134 e. The fraction of sp³-hybridized carbons (Fsp3) is 1.00. The van der Waals surface area contributed by atoms with Gasteiger partial charge in [-0.1, -0.05) is 22.6 Å². The monoisotopic (exact) mass is 322 g/mol. The lowest BCUT2D eigenvalue weighted by molar-refractivity contribution is 0.147. The van der Waals surface area contributed by atoms with Crippen molar-refractivity contribution in [2.45, 2.75) is 29.6 Å². The highest BCUT2D eigenvalue weighted by atomic mass is 127. The Bertz CT molecular complexity index is 162. The molecule has 0 radical (unpaired) electrons. The number of alkyl halides is 1. The molecule has 0 aromatic rings. The molecule has 0 aromatic heterocycles. The van der Waals surface area contributed by atoms with E-state index in [0.29, 0.717) is 0 Å². The molecule has 0 atom stereocenters. The second-order valence-corrected chi connectivity index (χ2v) is 6.98. The summed E-state index contributed by atoms with van der Waals surface area (Å²) in [7, 11) is 2.25. The van der Waals surface area contributed by atoms with Crippen LogP contribution in [0.5, 0.6) is 0 Å². The molecule has 0 unspecified atom stereocenters. The SMILES string of the molecule is CN1CCC(CN2CCC(I)CC2)CC1. The highest BCUT2D eigenvalue weighted by Crippen LogP contribution is 2.22. The van der Waals surface area contributed by atoms with E-state index in [-0.39, 0.29) is 0 Å². The van der Waals surface area contributed by atoms with Gasteiger partial charge >= 0.3 is 0 Å². The molecule has 3 heteroatoms. The molecular formula is C12H23IN2. The molecule has 15 heavy (non-hydrogen) atoms. The number of likely N-dealkylation sites (tertiary alicyclic amines) is 2. The Morgan fingerprint density at radius 2 is 1.60 bits per heavy atom. The Labute approximate surface area is 108 Å². The van der Waals surface area contributed by atoms with E-state index in [4.69, 9.17) is 0 Å². The molecule has 88 valence electrons. The first-order valence-electron chi connectivity index (χ1n) is 6.29. The molecule has 2 nitrogen and oxygen atoms in total. The first kappa shape index (κ1) is 12.1. The number of piperidine rings is 2. The Morgan fingerprint density at radius 1 is 1.00 bits per heavy atom. The Balaban J connectivity index is 1.68. The van der Waals surface area contributed by atoms with Crippen molar-refractivity contribution in [1.82, 2.24) is 9.80 Å². The summed E-state index contributed by atoms with van der Waals surface area (Å²) in [6.45, 7) is 6.69. The van der Waals surface area contributed by atoms with Crippen molar-refractivity contribution in [3.05, 3.63) is 0 Å². The van der Waals surface area contributed by atoms with Crippen LogP contribution in [0.25, 0.3) is 0 Å². The molecule has 2 rings (SSSR count). The number of hydrogen-bond donors (Lipinski definition) is 0. The van der Waals surface area contributed by atoms with Gasteiger partial charge in [0, 0.05) is 10.5 Å². The maximum Gasteiger partial charge on any atom is 0.0134 e. The number of hydrogen-bond acceptors (Lipinski definition) is 2. The minimum Gasteiger partial charge on any atom is -0.306 e. The van der Waals surface area contributed by atoms with Gasteiger partial charge in [0.05, 0.1) is 0 Å². The number of rotatable bonds is 2. The van der Waals surface area contributed by atoms with E-state index in [1.165, 1.54) is 58.4 Å². The Kier molecular flexibility index (Phi) is 4.70. The highest BCUT2D eigenvalue weighted by molar-refractivity contribution is 14.1. The molecule has 2 aliphatic heterocycles. The fourth-order valence-electron chi connectivity index (χ4n) is 2.69. The molecule has 0 aromatic carbocycles. The molecule has 0 saturated carbocycles. The molecule has 2 fully saturated rings. The maximum absolute atomic E-state index is 2.70. The molecule has 0 spiro atoms. The predicted molar refractivity (Wildman–Crippen MR) is 73.7 cm³/mol. The van der Waals surface area contributed by atoms with Crippen molar-refractivity contribution < 1.29 is 0 Å². The minimum atomic E-state index is 0.941. The third-order valence-electron chi connectivity index (χ3n) is 3.87. The molecule has 0 aliphatic carbocycles. The van der Waals surface area contributed by atoms with E-state index in [1.807, 2.05) is 0 Å². The molecule has 2 heterocycles. The molecular weight excluding hydrogens is 299 g/mol. The summed E-state index contributed by atoms with van der Waals surface area (Å²) in [5.74, 6) is 0.979. The van der Waals surface area contributed by atoms with Crippen molar-refractivity contribution in [1.29, 1.82) is 0 Å². The van der Waals surface area contributed by atoms with Crippen molar-refractivity contribution in [3.8, 4) is 0 Å². The minimum absolute atomic E-state index is 0.941. The van der Waals surface area contributed by atoms with Crippen LogP contribution in [-0.4, -0.2) is 53.5 Å². The topological polar surface area (TPSA) is 6.48 Å². The van der Waals surface area contributed by atoms with Gasteiger partial charge < -0.3 is 9.80 Å². The van der Waals surface area contributed by atoms with Crippen LogP contribution in [0.3, 0.4) is 0 Å². The van der Waals surface area contributed by atoms with Gasteiger partial charge in [0.25, 0.3) is 0 Å². The Morgan fingerprint density at radius 3 is 2.20 bits per heavy atom. The van der Waals surface area contributed by atoms with Crippen LogP contribution in [0.15, 0.2) is 0 Å². The van der Waals surface area contributed by atoms with E-state index < -0.39 is 0 Å². The van der Waals surface area contributed by atoms with Crippen LogP contribution in [0.1, 0.15) is 25.7 Å². The highest BCUT2D eigenvalue weighted by Gasteiger charge is 2.22. The molecule has 2 saturated heterocycles. The fourth-order valence-corrected chi connectivity index (χ4v) is 3.25. The van der Waals surface area contributed by atoms with Gasteiger partial charge in [-0.25, -0.2) is 0 Å². The second kappa shape index (κ2) is 5.82. The van der Waals surface area contributed by atoms with E-state index in [1.54, 1.807) is 0 Å². The van der Waals surface area contributed by atoms with Gasteiger partial charge in [0.1, 0.15) is 0 Å². The van der Waals surface area contributed by atoms with Crippen LogP contribution in [0.4, 0.5) is 0 Å². The zero-order valence-electron chi connectivity index (χ0n) is 9.79. The van der Waals surface area contributed by atoms with E-state index in [0.717, 1.165) is 9.84 Å². The first-order chi connectivity index (χ1) is 7.24. The summed E-state index contributed by atoms with van der Waals surface area (Å²) in [5.41, 5.74) is 0. The largest absolute Gasteiger partial charge is 0.306 e. The lowest BCUT2D eigenvalue weighted by atomic mass is 9.95. The van der Waals surface area contributed by atoms with Gasteiger partial charge in [0.15, 0.2) is 0 Å². The van der Waals surface area contributed by atoms with Crippen molar-refractivity contribution in [2.75, 3.05) is 39.8 Å². The summed E-state index contributed by atoms with van der Waals surface area (Å²) >= 11 is 2.61. The third kappa shape index (κ3) is 3.86. The van der Waals surface area contributed by atoms with Crippen LogP contribution < -0.4 is 0 Å². The van der Waals surface area contributed by atoms with E-state index in [9.17, 15) is 0 Å². The first-order valence-corrected chi connectivity index (χ1v) is 7.53. The number of nitrogens with zero attached hydrogens (tertiary/aromatic N) is 2. The molecule has 2 aliphatic rings. The van der Waals surface area contributed by atoms with Crippen molar-refractivity contribution in [2.24, 2.45) is 5.92 Å². The molecule has 0 amide bonds.